The lowest BCUT2D eigenvalue weighted by atomic mass is 9.99. The summed E-state index contributed by atoms with van der Waals surface area (Å²) < 4.78 is 4.93. The lowest BCUT2D eigenvalue weighted by Crippen LogP contribution is -2.50. The highest BCUT2D eigenvalue weighted by Gasteiger charge is 2.29. The van der Waals surface area contributed by atoms with Gasteiger partial charge in [-0.2, -0.15) is 11.8 Å². The van der Waals surface area contributed by atoms with Crippen molar-refractivity contribution in [2.75, 3.05) is 25.7 Å². The van der Waals surface area contributed by atoms with Crippen molar-refractivity contribution in [1.82, 2.24) is 5.32 Å². The van der Waals surface area contributed by atoms with Crippen LogP contribution in [0.3, 0.4) is 0 Å². The minimum Gasteiger partial charge on any atom is -0.481 e. The van der Waals surface area contributed by atoms with E-state index in [1.54, 1.807) is 18.7 Å². The summed E-state index contributed by atoms with van der Waals surface area (Å²) in [5.41, 5.74) is -0.837. The Labute approximate surface area is 99.9 Å². The summed E-state index contributed by atoms with van der Waals surface area (Å²) in [4.78, 5) is 22.2. The summed E-state index contributed by atoms with van der Waals surface area (Å²) in [5.74, 6) is -0.373. The minimum atomic E-state index is -0.954. The van der Waals surface area contributed by atoms with Gasteiger partial charge in [0.05, 0.1) is 18.6 Å². The standard InChI is InChI=1S/C10H19NO4S/c1-10(7-15-2,6-9(13)14)11-8(12)4-5-16-3/h4-7H2,1-3H3,(H,11,12)(H,13,14). The molecule has 0 aliphatic carbocycles. The Balaban J connectivity index is 4.30. The van der Waals surface area contributed by atoms with Crippen LogP contribution in [0.1, 0.15) is 19.8 Å². The molecule has 94 valence electrons. The maximum absolute atomic E-state index is 11.5. The predicted octanol–water partition coefficient (Wildman–Crippen LogP) is 0.736. The first-order valence-electron chi connectivity index (χ1n) is 4.94. The third-order valence-corrected chi connectivity index (χ3v) is 2.59. The number of amides is 1. The molecule has 0 bridgehead atoms. The third-order valence-electron chi connectivity index (χ3n) is 1.98. The molecule has 1 amide bonds. The summed E-state index contributed by atoms with van der Waals surface area (Å²) in [6, 6.07) is 0. The molecule has 0 heterocycles. The van der Waals surface area contributed by atoms with Crippen LogP contribution in [-0.2, 0) is 14.3 Å². The average Bonchev–Trinajstić information content (AvgIpc) is 2.13. The average molecular weight is 249 g/mol. The number of carboxylic acid groups (broad SMARTS) is 1. The number of hydrogen-bond acceptors (Lipinski definition) is 4. The summed E-state index contributed by atoms with van der Waals surface area (Å²) in [5, 5.41) is 11.5. The first-order chi connectivity index (χ1) is 7.43. The number of rotatable bonds is 8. The quantitative estimate of drug-likeness (QED) is 0.663. The Hall–Kier alpha value is -0.750. The van der Waals surface area contributed by atoms with Gasteiger partial charge in [0.2, 0.25) is 5.91 Å². The van der Waals surface area contributed by atoms with Gasteiger partial charge in [-0.05, 0) is 13.2 Å². The molecule has 1 unspecified atom stereocenters. The van der Waals surface area contributed by atoms with Crippen LogP contribution in [0.2, 0.25) is 0 Å². The zero-order valence-corrected chi connectivity index (χ0v) is 10.7. The molecule has 0 rings (SSSR count). The Morgan fingerprint density at radius 1 is 1.50 bits per heavy atom. The van der Waals surface area contributed by atoms with Crippen molar-refractivity contribution in [1.29, 1.82) is 0 Å². The highest BCUT2D eigenvalue weighted by molar-refractivity contribution is 7.98. The molecule has 0 aromatic rings. The smallest absolute Gasteiger partial charge is 0.305 e. The topological polar surface area (TPSA) is 75.6 Å². The fourth-order valence-electron chi connectivity index (χ4n) is 1.38. The molecule has 16 heavy (non-hydrogen) atoms. The van der Waals surface area contributed by atoms with E-state index in [2.05, 4.69) is 5.32 Å². The number of thioether (sulfide) groups is 1. The van der Waals surface area contributed by atoms with Gasteiger partial charge < -0.3 is 15.2 Å². The highest BCUT2D eigenvalue weighted by atomic mass is 32.2. The predicted molar refractivity (Wildman–Crippen MR) is 63.7 cm³/mol. The van der Waals surface area contributed by atoms with Crippen molar-refractivity contribution in [3.63, 3.8) is 0 Å². The van der Waals surface area contributed by atoms with E-state index < -0.39 is 11.5 Å². The van der Waals surface area contributed by atoms with Gasteiger partial charge in [0.1, 0.15) is 0 Å². The maximum Gasteiger partial charge on any atom is 0.305 e. The number of aliphatic carboxylic acids is 1. The lowest BCUT2D eigenvalue weighted by Gasteiger charge is -2.28. The Morgan fingerprint density at radius 2 is 2.12 bits per heavy atom. The summed E-state index contributed by atoms with van der Waals surface area (Å²) in [6.45, 7) is 1.85. The first kappa shape index (κ1) is 15.2. The SMILES string of the molecule is COCC(C)(CC(=O)O)NC(=O)CCSC. The molecule has 0 spiro atoms. The summed E-state index contributed by atoms with van der Waals surface area (Å²) in [6.07, 6.45) is 2.16. The Morgan fingerprint density at radius 3 is 2.56 bits per heavy atom. The molecular weight excluding hydrogens is 230 g/mol. The molecule has 1 atom stereocenters. The van der Waals surface area contributed by atoms with Crippen molar-refractivity contribution in [3.05, 3.63) is 0 Å². The number of nitrogens with one attached hydrogen (secondary N) is 1. The molecule has 0 fully saturated rings. The molecule has 5 nitrogen and oxygen atoms in total. The molecule has 0 aromatic heterocycles. The summed E-state index contributed by atoms with van der Waals surface area (Å²) in [7, 11) is 1.48. The van der Waals surface area contributed by atoms with Crippen molar-refractivity contribution in [3.8, 4) is 0 Å². The molecule has 0 aromatic carbocycles. The molecular formula is C10H19NO4S. The number of ether oxygens (including phenoxy) is 1. The Bertz CT molecular complexity index is 247. The van der Waals surface area contributed by atoms with Gasteiger partial charge in [0, 0.05) is 19.3 Å². The van der Waals surface area contributed by atoms with Gasteiger partial charge >= 0.3 is 5.97 Å². The molecule has 0 saturated carbocycles. The van der Waals surface area contributed by atoms with Crippen LogP contribution in [0.4, 0.5) is 0 Å². The van der Waals surface area contributed by atoms with E-state index in [9.17, 15) is 9.59 Å². The van der Waals surface area contributed by atoms with Gasteiger partial charge in [-0.1, -0.05) is 0 Å². The Kier molecular flexibility index (Phi) is 7.16. The largest absolute Gasteiger partial charge is 0.481 e. The van der Waals surface area contributed by atoms with Crippen LogP contribution < -0.4 is 5.32 Å². The normalized spacial score (nSPS) is 14.2. The van der Waals surface area contributed by atoms with Gasteiger partial charge in [0.15, 0.2) is 0 Å². The van der Waals surface area contributed by atoms with E-state index in [0.29, 0.717) is 6.42 Å². The molecule has 0 aliphatic rings. The second-order valence-electron chi connectivity index (χ2n) is 3.86. The second-order valence-corrected chi connectivity index (χ2v) is 4.84. The number of carbonyl (C=O) groups excluding carboxylic acids is 1. The van der Waals surface area contributed by atoms with Crippen LogP contribution in [0.25, 0.3) is 0 Å². The number of hydrogen-bond donors (Lipinski definition) is 2. The number of methoxy groups -OCH3 is 1. The van der Waals surface area contributed by atoms with E-state index in [1.165, 1.54) is 7.11 Å². The van der Waals surface area contributed by atoms with E-state index >= 15 is 0 Å². The minimum absolute atomic E-state index is 0.143. The first-order valence-corrected chi connectivity index (χ1v) is 6.33. The van der Waals surface area contributed by atoms with Gasteiger partial charge in [-0.25, -0.2) is 0 Å². The van der Waals surface area contributed by atoms with E-state index in [-0.39, 0.29) is 18.9 Å². The molecule has 2 N–H and O–H groups in total. The summed E-state index contributed by atoms with van der Waals surface area (Å²) >= 11 is 1.57. The van der Waals surface area contributed by atoms with Gasteiger partial charge in [0.25, 0.3) is 0 Å². The fraction of sp³-hybridized carbons (Fsp3) is 0.800. The lowest BCUT2D eigenvalue weighted by molar-refractivity contribution is -0.139. The van der Waals surface area contributed by atoms with Crippen LogP contribution in [0, 0.1) is 0 Å². The fourth-order valence-corrected chi connectivity index (χ4v) is 1.77. The monoisotopic (exact) mass is 249 g/mol. The van der Waals surface area contributed by atoms with E-state index in [1.807, 2.05) is 6.26 Å². The van der Waals surface area contributed by atoms with Crippen LogP contribution >= 0.6 is 11.8 Å². The van der Waals surface area contributed by atoms with Crippen molar-refractivity contribution >= 4 is 23.6 Å². The van der Waals surface area contributed by atoms with E-state index in [0.717, 1.165) is 5.75 Å². The molecule has 0 aliphatic heterocycles. The molecule has 0 radical (unpaired) electrons. The van der Waals surface area contributed by atoms with Crippen molar-refractivity contribution in [2.45, 2.75) is 25.3 Å². The number of carboxylic acids is 1. The van der Waals surface area contributed by atoms with Crippen LogP contribution in [0.15, 0.2) is 0 Å². The highest BCUT2D eigenvalue weighted by Crippen LogP contribution is 2.11. The van der Waals surface area contributed by atoms with Crippen molar-refractivity contribution in [2.24, 2.45) is 0 Å². The zero-order chi connectivity index (χ0) is 12.6. The van der Waals surface area contributed by atoms with Crippen LogP contribution in [-0.4, -0.2) is 48.2 Å². The number of carbonyl (C=O) groups is 2. The van der Waals surface area contributed by atoms with Gasteiger partial charge in [-0.15, -0.1) is 0 Å². The van der Waals surface area contributed by atoms with Gasteiger partial charge in [-0.3, -0.25) is 9.59 Å². The maximum atomic E-state index is 11.5. The third kappa shape index (κ3) is 6.68. The zero-order valence-electron chi connectivity index (χ0n) is 9.91. The molecule has 6 heteroatoms. The van der Waals surface area contributed by atoms with Crippen molar-refractivity contribution < 1.29 is 19.4 Å². The van der Waals surface area contributed by atoms with Crippen LogP contribution in [0.5, 0.6) is 0 Å². The molecule has 0 saturated heterocycles. The van der Waals surface area contributed by atoms with E-state index in [4.69, 9.17) is 9.84 Å². The second kappa shape index (κ2) is 7.51.